The van der Waals surface area contributed by atoms with Gasteiger partial charge in [0.2, 0.25) is 0 Å². The highest BCUT2D eigenvalue weighted by Crippen LogP contribution is 2.32. The van der Waals surface area contributed by atoms with Gasteiger partial charge in [0.05, 0.1) is 4.90 Å². The predicted octanol–water partition coefficient (Wildman–Crippen LogP) is 4.41. The van der Waals surface area contributed by atoms with E-state index < -0.39 is 10.1 Å². The second-order valence-corrected chi connectivity index (χ2v) is 6.47. The van der Waals surface area contributed by atoms with Crippen LogP contribution in [0.5, 0.6) is 0 Å². The zero-order valence-corrected chi connectivity index (χ0v) is 12.8. The lowest BCUT2D eigenvalue weighted by Gasteiger charge is -2.10. The summed E-state index contributed by atoms with van der Waals surface area (Å²) in [7, 11) is -4.21. The minimum Gasteiger partial charge on any atom is -0.282 e. The number of hydrogen-bond donors (Lipinski definition) is 1. The number of benzene rings is 3. The summed E-state index contributed by atoms with van der Waals surface area (Å²) in [5.41, 5.74) is 3.46. The molecule has 0 atom stereocenters. The van der Waals surface area contributed by atoms with Crippen LogP contribution in [0.15, 0.2) is 77.7 Å². The minimum absolute atomic E-state index is 0.152. The molecule has 23 heavy (non-hydrogen) atoms. The van der Waals surface area contributed by atoms with Crippen molar-refractivity contribution >= 4 is 10.1 Å². The van der Waals surface area contributed by atoms with Crippen molar-refractivity contribution in [2.75, 3.05) is 0 Å². The Morgan fingerprint density at radius 1 is 0.696 bits per heavy atom. The van der Waals surface area contributed by atoms with E-state index in [4.69, 9.17) is 4.55 Å². The van der Waals surface area contributed by atoms with E-state index in [-0.39, 0.29) is 10.7 Å². The molecule has 0 aromatic heterocycles. The van der Waals surface area contributed by atoms with Crippen LogP contribution < -0.4 is 0 Å². The van der Waals surface area contributed by atoms with E-state index in [2.05, 4.69) is 0 Å². The monoisotopic (exact) mass is 328 g/mol. The van der Waals surface area contributed by atoms with E-state index in [1.54, 1.807) is 24.3 Å². The first kappa shape index (κ1) is 15.4. The zero-order chi connectivity index (χ0) is 16.4. The second-order valence-electron chi connectivity index (χ2n) is 5.05. The van der Waals surface area contributed by atoms with E-state index >= 15 is 0 Å². The Balaban J connectivity index is 2.09. The summed E-state index contributed by atoms with van der Waals surface area (Å²) in [6.07, 6.45) is 0. The lowest BCUT2D eigenvalue weighted by Crippen LogP contribution is -1.97. The lowest BCUT2D eigenvalue weighted by atomic mass is 9.95. The topological polar surface area (TPSA) is 54.4 Å². The summed E-state index contributed by atoms with van der Waals surface area (Å²) < 4.78 is 44.4. The summed E-state index contributed by atoms with van der Waals surface area (Å²) in [6.45, 7) is 0. The molecule has 3 aromatic carbocycles. The third-order valence-electron chi connectivity index (χ3n) is 3.55. The fraction of sp³-hybridized carbons (Fsp3) is 0. The highest BCUT2D eigenvalue weighted by Gasteiger charge is 2.11. The molecule has 0 bridgehead atoms. The van der Waals surface area contributed by atoms with E-state index in [1.165, 1.54) is 24.3 Å². The smallest absolute Gasteiger partial charge is 0.282 e. The lowest BCUT2D eigenvalue weighted by molar-refractivity contribution is 0.483. The third-order valence-corrected chi connectivity index (χ3v) is 4.41. The SMILES string of the molecule is O=S(=O)(O)c1ccc(-c2ccccc2-c2ccc(F)cc2)cc1. The normalized spacial score (nSPS) is 11.4. The second kappa shape index (κ2) is 5.95. The van der Waals surface area contributed by atoms with Gasteiger partial charge in [-0.15, -0.1) is 0 Å². The van der Waals surface area contributed by atoms with Crippen LogP contribution in [0.2, 0.25) is 0 Å². The van der Waals surface area contributed by atoms with Gasteiger partial charge in [0.1, 0.15) is 5.82 Å². The van der Waals surface area contributed by atoms with Crippen LogP contribution in [0.3, 0.4) is 0 Å². The Morgan fingerprint density at radius 3 is 1.57 bits per heavy atom. The Kier molecular flexibility index (Phi) is 3.98. The standard InChI is InChI=1S/C18H13FO3S/c19-15-9-5-13(6-10-15)17-3-1-2-4-18(17)14-7-11-16(12-8-14)23(20,21)22/h1-12H,(H,20,21,22). The maximum Gasteiger partial charge on any atom is 0.294 e. The van der Waals surface area contributed by atoms with Crippen molar-refractivity contribution in [3.8, 4) is 22.3 Å². The van der Waals surface area contributed by atoms with Gasteiger partial charge in [0.15, 0.2) is 0 Å². The molecule has 0 saturated carbocycles. The van der Waals surface area contributed by atoms with Crippen LogP contribution in [0, 0.1) is 5.82 Å². The largest absolute Gasteiger partial charge is 0.294 e. The highest BCUT2D eigenvalue weighted by molar-refractivity contribution is 7.85. The molecule has 3 nitrogen and oxygen atoms in total. The van der Waals surface area contributed by atoms with Crippen LogP contribution in [-0.2, 0) is 10.1 Å². The predicted molar refractivity (Wildman–Crippen MR) is 87.1 cm³/mol. The molecule has 3 rings (SSSR count). The van der Waals surface area contributed by atoms with E-state index in [9.17, 15) is 12.8 Å². The number of hydrogen-bond acceptors (Lipinski definition) is 2. The Morgan fingerprint density at radius 2 is 1.13 bits per heavy atom. The first-order valence-electron chi connectivity index (χ1n) is 6.88. The molecule has 0 radical (unpaired) electrons. The molecule has 0 saturated heterocycles. The van der Waals surface area contributed by atoms with Crippen LogP contribution in [0.1, 0.15) is 0 Å². The third kappa shape index (κ3) is 3.31. The molecular formula is C18H13FO3S. The van der Waals surface area contributed by atoms with Crippen LogP contribution >= 0.6 is 0 Å². The molecule has 5 heteroatoms. The fourth-order valence-electron chi connectivity index (χ4n) is 2.42. The molecule has 0 unspecified atom stereocenters. The molecule has 0 spiro atoms. The average Bonchev–Trinajstić information content (AvgIpc) is 2.55. The summed E-state index contributed by atoms with van der Waals surface area (Å²) in [6, 6.07) is 19.7. The van der Waals surface area contributed by atoms with Gasteiger partial charge in [-0.05, 0) is 46.5 Å². The van der Waals surface area contributed by atoms with Crippen molar-refractivity contribution < 1.29 is 17.4 Å². The first-order chi connectivity index (χ1) is 10.9. The molecule has 0 fully saturated rings. The number of rotatable bonds is 3. The molecule has 0 aliphatic heterocycles. The van der Waals surface area contributed by atoms with E-state index in [1.807, 2.05) is 24.3 Å². The van der Waals surface area contributed by atoms with E-state index in [0.29, 0.717) is 0 Å². The maximum atomic E-state index is 13.1. The fourth-order valence-corrected chi connectivity index (χ4v) is 2.90. The van der Waals surface area contributed by atoms with Crippen molar-refractivity contribution in [1.82, 2.24) is 0 Å². The van der Waals surface area contributed by atoms with Crippen LogP contribution in [-0.4, -0.2) is 13.0 Å². The molecule has 116 valence electrons. The van der Waals surface area contributed by atoms with Gasteiger partial charge in [-0.3, -0.25) is 4.55 Å². The van der Waals surface area contributed by atoms with Crippen LogP contribution in [0.25, 0.3) is 22.3 Å². The van der Waals surface area contributed by atoms with Gasteiger partial charge in [0, 0.05) is 0 Å². The molecule has 0 aliphatic rings. The Labute approximate surface area is 133 Å². The summed E-state index contributed by atoms with van der Waals surface area (Å²) >= 11 is 0. The van der Waals surface area contributed by atoms with Crippen molar-refractivity contribution in [3.63, 3.8) is 0 Å². The molecule has 0 amide bonds. The van der Waals surface area contributed by atoms with Gasteiger partial charge < -0.3 is 0 Å². The molecule has 0 aliphatic carbocycles. The quantitative estimate of drug-likeness (QED) is 0.725. The Bertz CT molecular complexity index is 931. The molecule has 1 N–H and O–H groups in total. The van der Waals surface area contributed by atoms with Gasteiger partial charge in [-0.25, -0.2) is 4.39 Å². The van der Waals surface area contributed by atoms with Gasteiger partial charge in [-0.2, -0.15) is 8.42 Å². The van der Waals surface area contributed by atoms with Crippen molar-refractivity contribution in [2.24, 2.45) is 0 Å². The number of halogens is 1. The zero-order valence-electron chi connectivity index (χ0n) is 12.0. The van der Waals surface area contributed by atoms with Crippen molar-refractivity contribution in [1.29, 1.82) is 0 Å². The molecular weight excluding hydrogens is 315 g/mol. The highest BCUT2D eigenvalue weighted by atomic mass is 32.2. The Hall–Kier alpha value is -2.50. The van der Waals surface area contributed by atoms with Crippen molar-refractivity contribution in [2.45, 2.75) is 4.90 Å². The minimum atomic E-state index is -4.21. The average molecular weight is 328 g/mol. The molecule has 0 heterocycles. The first-order valence-corrected chi connectivity index (χ1v) is 8.32. The van der Waals surface area contributed by atoms with Crippen molar-refractivity contribution in [3.05, 3.63) is 78.6 Å². The maximum absolute atomic E-state index is 13.1. The molecule has 3 aromatic rings. The summed E-state index contributed by atoms with van der Waals surface area (Å²) in [5.74, 6) is -0.302. The van der Waals surface area contributed by atoms with E-state index in [0.717, 1.165) is 22.3 Å². The van der Waals surface area contributed by atoms with Gasteiger partial charge >= 0.3 is 0 Å². The van der Waals surface area contributed by atoms with Gasteiger partial charge in [-0.1, -0.05) is 48.5 Å². The summed E-state index contributed by atoms with van der Waals surface area (Å²) in [4.78, 5) is -0.152. The van der Waals surface area contributed by atoms with Gasteiger partial charge in [0.25, 0.3) is 10.1 Å². The summed E-state index contributed by atoms with van der Waals surface area (Å²) in [5, 5.41) is 0. The van der Waals surface area contributed by atoms with Crippen LogP contribution in [0.4, 0.5) is 4.39 Å².